The highest BCUT2D eigenvalue weighted by Crippen LogP contribution is 2.22. The zero-order chi connectivity index (χ0) is 38.3. The van der Waals surface area contributed by atoms with Crippen LogP contribution in [0.15, 0.2) is 79.4 Å². The van der Waals surface area contributed by atoms with Crippen molar-refractivity contribution in [2.45, 2.75) is 169 Å². The van der Waals surface area contributed by atoms with E-state index in [0.717, 1.165) is 23.5 Å². The zero-order valence-electron chi connectivity index (χ0n) is 35.2. The first-order valence-electron chi connectivity index (χ1n) is 19.1. The first kappa shape index (κ1) is 54.4. The molecule has 0 heterocycles. The molecule has 0 nitrogen and oxygen atoms in total. The number of allylic oxidation sites excluding steroid dienone is 6. The highest BCUT2D eigenvalue weighted by Gasteiger charge is 2.03. The van der Waals surface area contributed by atoms with Gasteiger partial charge in [0.15, 0.2) is 0 Å². The maximum Gasteiger partial charge on any atom is 0.0271 e. The minimum Gasteiger partial charge on any atom is -0.115 e. The van der Waals surface area contributed by atoms with Crippen LogP contribution in [0, 0.1) is 39.0 Å². The Kier molecular flexibility index (Phi) is 47.6. The van der Waals surface area contributed by atoms with Crippen molar-refractivity contribution in [2.24, 2.45) is 5.92 Å². The molecule has 0 saturated heterocycles. The van der Waals surface area contributed by atoms with Crippen LogP contribution in [-0.2, 0) is 6.42 Å². The summed E-state index contributed by atoms with van der Waals surface area (Å²) in [4.78, 5) is 0. The number of unbranched alkanes of at least 4 members (excludes halogenated alkanes) is 3. The molecular formula is C48H82. The van der Waals surface area contributed by atoms with E-state index in [-0.39, 0.29) is 0 Å². The summed E-state index contributed by atoms with van der Waals surface area (Å²) in [5.74, 6) is 3.38. The van der Waals surface area contributed by atoms with Crippen molar-refractivity contribution in [3.8, 4) is 12.3 Å². The molecule has 2 aromatic carbocycles. The molecule has 1 unspecified atom stereocenters. The summed E-state index contributed by atoms with van der Waals surface area (Å²) >= 11 is 0. The second-order valence-corrected chi connectivity index (χ2v) is 11.9. The summed E-state index contributed by atoms with van der Waals surface area (Å²) in [6.45, 7) is 41.9. The lowest BCUT2D eigenvalue weighted by atomic mass is 9.95. The second kappa shape index (κ2) is 42.0. The second-order valence-electron chi connectivity index (χ2n) is 11.9. The molecule has 0 saturated carbocycles. The summed E-state index contributed by atoms with van der Waals surface area (Å²) in [6, 6.07) is 12.4. The summed E-state index contributed by atoms with van der Waals surface area (Å²) in [6.07, 6.45) is 24.8. The van der Waals surface area contributed by atoms with E-state index in [1.807, 2.05) is 57.2 Å². The van der Waals surface area contributed by atoms with E-state index in [0.29, 0.717) is 0 Å². The fourth-order valence-electron chi connectivity index (χ4n) is 3.49. The van der Waals surface area contributed by atoms with Gasteiger partial charge in [0.05, 0.1) is 0 Å². The van der Waals surface area contributed by atoms with Crippen molar-refractivity contribution in [3.05, 3.63) is 113 Å². The predicted octanol–water partition coefficient (Wildman–Crippen LogP) is 16.4. The number of terminal acetylenes is 1. The Labute approximate surface area is 304 Å². The highest BCUT2D eigenvalue weighted by atomic mass is 14.1. The van der Waals surface area contributed by atoms with Crippen LogP contribution in [0.5, 0.6) is 0 Å². The maximum absolute atomic E-state index is 5.20. The van der Waals surface area contributed by atoms with Crippen LogP contribution in [0.4, 0.5) is 0 Å². The van der Waals surface area contributed by atoms with E-state index in [9.17, 15) is 0 Å². The normalized spacial score (nSPS) is 10.1. The average molecular weight is 659 g/mol. The Morgan fingerprint density at radius 3 is 1.58 bits per heavy atom. The van der Waals surface area contributed by atoms with Crippen LogP contribution in [0.2, 0.25) is 0 Å². The number of aryl methyl sites for hydroxylation is 4. The van der Waals surface area contributed by atoms with Gasteiger partial charge >= 0.3 is 0 Å². The number of hydrogen-bond donors (Lipinski definition) is 0. The molecule has 0 fully saturated rings. The van der Waals surface area contributed by atoms with E-state index < -0.39 is 0 Å². The Morgan fingerprint density at radius 2 is 1.27 bits per heavy atom. The fourth-order valence-corrected chi connectivity index (χ4v) is 3.49. The van der Waals surface area contributed by atoms with Gasteiger partial charge in [-0.05, 0) is 87.3 Å². The molecule has 0 bridgehead atoms. The van der Waals surface area contributed by atoms with Crippen molar-refractivity contribution in [1.82, 2.24) is 0 Å². The lowest BCUT2D eigenvalue weighted by Gasteiger charge is -2.10. The monoisotopic (exact) mass is 659 g/mol. The predicted molar refractivity (Wildman–Crippen MR) is 229 cm³/mol. The smallest absolute Gasteiger partial charge is 0.0271 e. The number of hydrogen-bond acceptors (Lipinski definition) is 0. The molecule has 0 N–H and O–H groups in total. The first-order valence-corrected chi connectivity index (χ1v) is 19.1. The molecule has 2 rings (SSSR count). The lowest BCUT2D eigenvalue weighted by molar-refractivity contribution is 0.562. The topological polar surface area (TPSA) is 0 Å². The van der Waals surface area contributed by atoms with Crippen LogP contribution in [0.3, 0.4) is 0 Å². The molecule has 0 aromatic heterocycles. The van der Waals surface area contributed by atoms with Crippen LogP contribution in [-0.4, -0.2) is 0 Å². The third-order valence-electron chi connectivity index (χ3n) is 7.42. The average Bonchev–Trinajstić information content (AvgIpc) is 3.11. The molecule has 0 aliphatic rings. The Hall–Kier alpha value is -3.04. The van der Waals surface area contributed by atoms with E-state index in [4.69, 9.17) is 6.42 Å². The molecular weight excluding hydrogens is 577 g/mol. The molecule has 0 spiro atoms. The summed E-state index contributed by atoms with van der Waals surface area (Å²) in [5, 5.41) is 0. The van der Waals surface area contributed by atoms with Gasteiger partial charge < -0.3 is 0 Å². The standard InChI is InChI=1S/C13H18.C12H20.C9H8.3C4H10.C2H6/c1-6-12-8-13(9(2)3)11(5)7-10(12)4;1-5-8-9-12(7-3)10-11(4)6-2;1-3-9-7-5-4-6-8(9)2;3*1-3-4-2;1-2/h7-8H,2,6H2,1,3-5H3;5,7-9,11H,1,6,10H2,2-4H3;1,4-7H,2H3;3*3-4H2,1-2H3;1-2H3/b;9-8-,12-7+;;;;;. The van der Waals surface area contributed by atoms with E-state index >= 15 is 0 Å². The Balaban J connectivity index is -0.000000163. The van der Waals surface area contributed by atoms with Gasteiger partial charge in [-0.3, -0.25) is 0 Å². The molecule has 2 aromatic rings. The van der Waals surface area contributed by atoms with Gasteiger partial charge in [0.25, 0.3) is 0 Å². The van der Waals surface area contributed by atoms with Crippen LogP contribution in [0.25, 0.3) is 5.57 Å². The minimum absolute atomic E-state index is 0.783. The largest absolute Gasteiger partial charge is 0.115 e. The third-order valence-corrected chi connectivity index (χ3v) is 7.42. The van der Waals surface area contributed by atoms with Gasteiger partial charge in [-0.1, -0.05) is 206 Å². The summed E-state index contributed by atoms with van der Waals surface area (Å²) in [5.41, 5.74) is 10.2. The minimum atomic E-state index is 0.783. The van der Waals surface area contributed by atoms with Crippen LogP contribution in [0.1, 0.15) is 175 Å². The molecule has 0 aliphatic carbocycles. The quantitative estimate of drug-likeness (QED) is 0.176. The molecule has 0 heteroatoms. The van der Waals surface area contributed by atoms with Gasteiger partial charge in [-0.2, -0.15) is 0 Å². The van der Waals surface area contributed by atoms with Crippen LogP contribution < -0.4 is 0 Å². The highest BCUT2D eigenvalue weighted by molar-refractivity contribution is 5.65. The van der Waals surface area contributed by atoms with Crippen molar-refractivity contribution in [2.75, 3.05) is 0 Å². The van der Waals surface area contributed by atoms with Gasteiger partial charge in [0, 0.05) is 5.56 Å². The molecule has 1 atom stereocenters. The Bertz CT molecular complexity index is 1080. The number of rotatable bonds is 10. The van der Waals surface area contributed by atoms with Crippen molar-refractivity contribution in [1.29, 1.82) is 0 Å². The van der Waals surface area contributed by atoms with Crippen molar-refractivity contribution >= 4 is 5.57 Å². The SMILES string of the molecule is C#Cc1ccccc1C.C=C(C)c1cc(CC)c(C)cc1C.C=C/C=C\C(=C/C)CC(C)CC.CC.CCCC.CCCC.CCCC. The first-order chi connectivity index (χ1) is 22.9. The van der Waals surface area contributed by atoms with Crippen molar-refractivity contribution < 1.29 is 0 Å². The molecule has 0 amide bonds. The lowest BCUT2D eigenvalue weighted by Crippen LogP contribution is -1.92. The molecule has 274 valence electrons. The third kappa shape index (κ3) is 34.3. The van der Waals surface area contributed by atoms with Crippen molar-refractivity contribution in [3.63, 3.8) is 0 Å². The van der Waals surface area contributed by atoms with E-state index in [1.165, 1.54) is 84.8 Å². The molecule has 48 heavy (non-hydrogen) atoms. The van der Waals surface area contributed by atoms with Gasteiger partial charge in [-0.25, -0.2) is 0 Å². The summed E-state index contributed by atoms with van der Waals surface area (Å²) < 4.78 is 0. The molecule has 0 aliphatic heterocycles. The van der Waals surface area contributed by atoms with Gasteiger partial charge in [0.2, 0.25) is 0 Å². The van der Waals surface area contributed by atoms with Gasteiger partial charge in [-0.15, -0.1) is 6.42 Å². The fraction of sp³-hybridized carbons (Fsp3) is 0.542. The van der Waals surface area contributed by atoms with E-state index in [1.54, 1.807) is 0 Å². The van der Waals surface area contributed by atoms with Gasteiger partial charge in [0.1, 0.15) is 0 Å². The zero-order valence-corrected chi connectivity index (χ0v) is 35.2. The van der Waals surface area contributed by atoms with Crippen LogP contribution >= 0.6 is 0 Å². The Morgan fingerprint density at radius 1 is 0.792 bits per heavy atom. The number of benzene rings is 2. The maximum atomic E-state index is 5.20. The van der Waals surface area contributed by atoms with E-state index in [2.05, 4.69) is 133 Å². The molecule has 0 radical (unpaired) electrons. The summed E-state index contributed by atoms with van der Waals surface area (Å²) in [7, 11) is 0.